The van der Waals surface area contributed by atoms with Crippen LogP contribution in [0, 0.1) is 0 Å². The molecule has 2 heterocycles. The summed E-state index contributed by atoms with van der Waals surface area (Å²) in [6.07, 6.45) is 1.67. The first-order valence-electron chi connectivity index (χ1n) is 7.78. The molecule has 2 aromatic rings. The monoisotopic (exact) mass is 311 g/mol. The number of ether oxygens (including phenoxy) is 1. The van der Waals surface area contributed by atoms with Crippen molar-refractivity contribution >= 4 is 11.6 Å². The molecule has 0 bridgehead atoms. The van der Waals surface area contributed by atoms with Crippen molar-refractivity contribution in [2.75, 3.05) is 31.6 Å². The van der Waals surface area contributed by atoms with E-state index < -0.39 is 0 Å². The second kappa shape index (κ2) is 6.79. The van der Waals surface area contributed by atoms with Crippen LogP contribution in [0.4, 0.5) is 5.69 Å². The van der Waals surface area contributed by atoms with E-state index in [9.17, 15) is 4.79 Å². The molecular weight excluding hydrogens is 290 g/mol. The molecule has 1 aromatic carbocycles. The van der Waals surface area contributed by atoms with Crippen molar-refractivity contribution < 1.29 is 9.53 Å². The maximum atomic E-state index is 12.6. The summed E-state index contributed by atoms with van der Waals surface area (Å²) in [4.78, 5) is 20.7. The van der Waals surface area contributed by atoms with E-state index in [1.54, 1.807) is 24.3 Å². The molecule has 0 aliphatic carbocycles. The van der Waals surface area contributed by atoms with Crippen LogP contribution in [0.1, 0.15) is 18.5 Å². The number of rotatable bonds is 4. The number of pyridine rings is 1. The van der Waals surface area contributed by atoms with Gasteiger partial charge in [-0.1, -0.05) is 30.3 Å². The van der Waals surface area contributed by atoms with Crippen LogP contribution in [0.5, 0.6) is 5.88 Å². The standard InChI is InChI=1S/C18H21N3O2/c1-14(15-6-4-3-5-7-15)20-10-11-21(18(22)13-20)16-8-9-19-17(12-16)23-2/h3-9,12,14H,10-11,13H2,1-2H3. The molecule has 23 heavy (non-hydrogen) atoms. The summed E-state index contributed by atoms with van der Waals surface area (Å²) < 4.78 is 5.14. The SMILES string of the molecule is COc1cc(N2CCN(C(C)c3ccccc3)CC2=O)ccn1. The predicted molar refractivity (Wildman–Crippen MR) is 89.6 cm³/mol. The molecule has 1 fully saturated rings. The summed E-state index contributed by atoms with van der Waals surface area (Å²) in [5.41, 5.74) is 2.08. The van der Waals surface area contributed by atoms with Crippen LogP contribution in [-0.4, -0.2) is 42.5 Å². The molecule has 0 spiro atoms. The molecule has 0 N–H and O–H groups in total. The fraction of sp³-hybridized carbons (Fsp3) is 0.333. The minimum atomic E-state index is 0.104. The van der Waals surface area contributed by atoms with Gasteiger partial charge in [-0.05, 0) is 18.6 Å². The highest BCUT2D eigenvalue weighted by Crippen LogP contribution is 2.25. The van der Waals surface area contributed by atoms with Crippen molar-refractivity contribution in [3.05, 3.63) is 54.2 Å². The summed E-state index contributed by atoms with van der Waals surface area (Å²) in [6, 6.07) is 14.2. The number of carbonyl (C=O) groups is 1. The van der Waals surface area contributed by atoms with E-state index in [4.69, 9.17) is 4.74 Å². The number of amides is 1. The Labute approximate surface area is 136 Å². The van der Waals surface area contributed by atoms with E-state index in [1.807, 2.05) is 24.3 Å². The molecule has 5 heteroatoms. The average Bonchev–Trinajstić information content (AvgIpc) is 2.61. The first-order chi connectivity index (χ1) is 11.2. The fourth-order valence-electron chi connectivity index (χ4n) is 2.92. The van der Waals surface area contributed by atoms with Gasteiger partial charge in [-0.3, -0.25) is 9.69 Å². The molecule has 120 valence electrons. The Kier molecular flexibility index (Phi) is 4.57. The van der Waals surface area contributed by atoms with E-state index in [2.05, 4.69) is 28.9 Å². The third kappa shape index (κ3) is 3.35. The Morgan fingerprint density at radius 3 is 2.65 bits per heavy atom. The summed E-state index contributed by atoms with van der Waals surface area (Å²) in [5.74, 6) is 0.627. The number of methoxy groups -OCH3 is 1. The largest absolute Gasteiger partial charge is 0.481 e. The summed E-state index contributed by atoms with van der Waals surface area (Å²) >= 11 is 0. The Morgan fingerprint density at radius 1 is 1.17 bits per heavy atom. The number of nitrogens with zero attached hydrogens (tertiary/aromatic N) is 3. The number of piperazine rings is 1. The van der Waals surface area contributed by atoms with Gasteiger partial charge in [0.15, 0.2) is 0 Å². The molecular formula is C18H21N3O2. The van der Waals surface area contributed by atoms with Crippen molar-refractivity contribution in [1.82, 2.24) is 9.88 Å². The zero-order chi connectivity index (χ0) is 16.2. The van der Waals surface area contributed by atoms with Crippen molar-refractivity contribution in [3.63, 3.8) is 0 Å². The number of hydrogen-bond acceptors (Lipinski definition) is 4. The minimum Gasteiger partial charge on any atom is -0.481 e. The van der Waals surface area contributed by atoms with Gasteiger partial charge in [0, 0.05) is 31.4 Å². The van der Waals surface area contributed by atoms with Crippen LogP contribution < -0.4 is 9.64 Å². The van der Waals surface area contributed by atoms with Gasteiger partial charge < -0.3 is 9.64 Å². The maximum Gasteiger partial charge on any atom is 0.241 e. The molecule has 1 aromatic heterocycles. The molecule has 0 saturated carbocycles. The number of carbonyl (C=O) groups excluding carboxylic acids is 1. The Hall–Kier alpha value is -2.40. The van der Waals surface area contributed by atoms with Crippen LogP contribution in [-0.2, 0) is 4.79 Å². The van der Waals surface area contributed by atoms with E-state index in [0.29, 0.717) is 19.0 Å². The van der Waals surface area contributed by atoms with Crippen LogP contribution >= 0.6 is 0 Å². The molecule has 0 radical (unpaired) electrons. The lowest BCUT2D eigenvalue weighted by Gasteiger charge is -2.37. The van der Waals surface area contributed by atoms with Crippen LogP contribution in [0.2, 0.25) is 0 Å². The smallest absolute Gasteiger partial charge is 0.241 e. The van der Waals surface area contributed by atoms with Gasteiger partial charge in [-0.15, -0.1) is 0 Å². The van der Waals surface area contributed by atoms with Crippen LogP contribution in [0.25, 0.3) is 0 Å². The van der Waals surface area contributed by atoms with Gasteiger partial charge in [0.25, 0.3) is 0 Å². The normalized spacial score (nSPS) is 17.1. The van der Waals surface area contributed by atoms with Gasteiger partial charge in [0.2, 0.25) is 11.8 Å². The van der Waals surface area contributed by atoms with Crippen LogP contribution in [0.15, 0.2) is 48.7 Å². The molecule has 1 aliphatic rings. The van der Waals surface area contributed by atoms with E-state index >= 15 is 0 Å². The molecule has 1 atom stereocenters. The number of anilines is 1. The minimum absolute atomic E-state index is 0.104. The second-order valence-electron chi connectivity index (χ2n) is 5.66. The highest BCUT2D eigenvalue weighted by molar-refractivity contribution is 5.95. The third-order valence-electron chi connectivity index (χ3n) is 4.32. The van der Waals surface area contributed by atoms with Crippen molar-refractivity contribution in [2.24, 2.45) is 0 Å². The highest BCUT2D eigenvalue weighted by Gasteiger charge is 2.28. The van der Waals surface area contributed by atoms with E-state index in [-0.39, 0.29) is 11.9 Å². The van der Waals surface area contributed by atoms with Gasteiger partial charge in [-0.25, -0.2) is 4.98 Å². The summed E-state index contributed by atoms with van der Waals surface area (Å²) in [7, 11) is 1.58. The van der Waals surface area contributed by atoms with Gasteiger partial charge in [0.1, 0.15) is 0 Å². The topological polar surface area (TPSA) is 45.7 Å². The molecule has 5 nitrogen and oxygen atoms in total. The van der Waals surface area contributed by atoms with Crippen LogP contribution in [0.3, 0.4) is 0 Å². The molecule has 1 aliphatic heterocycles. The lowest BCUT2D eigenvalue weighted by Crippen LogP contribution is -2.51. The van der Waals surface area contributed by atoms with Gasteiger partial charge >= 0.3 is 0 Å². The van der Waals surface area contributed by atoms with Gasteiger partial charge in [0.05, 0.1) is 19.3 Å². The first kappa shape index (κ1) is 15.5. The van der Waals surface area contributed by atoms with Crippen molar-refractivity contribution in [2.45, 2.75) is 13.0 Å². The lowest BCUT2D eigenvalue weighted by molar-refractivity contribution is -0.121. The molecule has 3 rings (SSSR count). The predicted octanol–water partition coefficient (Wildman–Crippen LogP) is 2.50. The Balaban J connectivity index is 1.71. The van der Waals surface area contributed by atoms with E-state index in [0.717, 1.165) is 12.2 Å². The number of hydrogen-bond donors (Lipinski definition) is 0. The van der Waals surface area contributed by atoms with Crippen molar-refractivity contribution in [3.8, 4) is 5.88 Å². The molecule has 1 unspecified atom stereocenters. The first-order valence-corrected chi connectivity index (χ1v) is 7.78. The van der Waals surface area contributed by atoms with Gasteiger partial charge in [-0.2, -0.15) is 0 Å². The Morgan fingerprint density at radius 2 is 1.96 bits per heavy atom. The highest BCUT2D eigenvalue weighted by atomic mass is 16.5. The lowest BCUT2D eigenvalue weighted by atomic mass is 10.1. The quantitative estimate of drug-likeness (QED) is 0.870. The molecule has 1 saturated heterocycles. The molecule has 1 amide bonds. The van der Waals surface area contributed by atoms with Crippen molar-refractivity contribution in [1.29, 1.82) is 0 Å². The maximum absolute atomic E-state index is 12.6. The fourth-order valence-corrected chi connectivity index (χ4v) is 2.92. The zero-order valence-electron chi connectivity index (χ0n) is 13.5. The Bertz CT molecular complexity index is 675. The number of aromatic nitrogens is 1. The summed E-state index contributed by atoms with van der Waals surface area (Å²) in [5, 5.41) is 0. The zero-order valence-corrected chi connectivity index (χ0v) is 13.5. The third-order valence-corrected chi connectivity index (χ3v) is 4.32. The summed E-state index contributed by atoms with van der Waals surface area (Å²) in [6.45, 7) is 4.07. The second-order valence-corrected chi connectivity index (χ2v) is 5.66. The van der Waals surface area contributed by atoms with E-state index in [1.165, 1.54) is 5.56 Å². The average molecular weight is 311 g/mol. The number of benzene rings is 1.